The molecule has 2 atom stereocenters. The van der Waals surface area contributed by atoms with Crippen LogP contribution in [0.5, 0.6) is 0 Å². The van der Waals surface area contributed by atoms with Crippen LogP contribution in [0.15, 0.2) is 0 Å². The topological polar surface area (TPSA) is 63.3 Å². The Labute approximate surface area is 92.0 Å². The zero-order valence-corrected chi connectivity index (χ0v) is 9.83. The van der Waals surface area contributed by atoms with Gasteiger partial charge in [-0.2, -0.15) is 0 Å². The van der Waals surface area contributed by atoms with Crippen molar-refractivity contribution >= 4 is 5.97 Å². The van der Waals surface area contributed by atoms with Crippen LogP contribution in [0.2, 0.25) is 0 Å². The molecule has 0 aromatic rings. The standard InChI is InChI=1S/C12H23NO2/c1-9(2)6-10-4-3-5-12(13,7-10)8-11(14)15/h9-10H,3-8,13H2,1-2H3,(H,14,15). The summed E-state index contributed by atoms with van der Waals surface area (Å²) in [5.74, 6) is 0.549. The highest BCUT2D eigenvalue weighted by Crippen LogP contribution is 2.36. The van der Waals surface area contributed by atoms with Crippen LogP contribution in [-0.2, 0) is 4.79 Å². The van der Waals surface area contributed by atoms with Crippen molar-refractivity contribution in [3.8, 4) is 0 Å². The number of carboxylic acid groups (broad SMARTS) is 1. The molecule has 0 aliphatic heterocycles. The van der Waals surface area contributed by atoms with E-state index in [-0.39, 0.29) is 6.42 Å². The van der Waals surface area contributed by atoms with Gasteiger partial charge in [-0.05, 0) is 31.1 Å². The van der Waals surface area contributed by atoms with Crippen molar-refractivity contribution in [2.75, 3.05) is 0 Å². The molecule has 1 fully saturated rings. The number of nitrogens with two attached hydrogens (primary N) is 1. The highest BCUT2D eigenvalue weighted by atomic mass is 16.4. The van der Waals surface area contributed by atoms with Crippen molar-refractivity contribution in [3.63, 3.8) is 0 Å². The van der Waals surface area contributed by atoms with E-state index in [0.29, 0.717) is 11.8 Å². The molecule has 0 saturated heterocycles. The lowest BCUT2D eigenvalue weighted by Gasteiger charge is -2.37. The van der Waals surface area contributed by atoms with Gasteiger partial charge in [-0.25, -0.2) is 0 Å². The largest absolute Gasteiger partial charge is 0.481 e. The van der Waals surface area contributed by atoms with Gasteiger partial charge in [0.1, 0.15) is 0 Å². The van der Waals surface area contributed by atoms with Crippen molar-refractivity contribution in [2.45, 2.75) is 57.9 Å². The summed E-state index contributed by atoms with van der Waals surface area (Å²) in [6.45, 7) is 4.42. The summed E-state index contributed by atoms with van der Waals surface area (Å²) in [5, 5.41) is 8.82. The highest BCUT2D eigenvalue weighted by Gasteiger charge is 2.34. The fourth-order valence-electron chi connectivity index (χ4n) is 2.85. The van der Waals surface area contributed by atoms with Gasteiger partial charge in [0, 0.05) is 5.54 Å². The summed E-state index contributed by atoms with van der Waals surface area (Å²) in [4.78, 5) is 10.7. The number of hydrogen-bond acceptors (Lipinski definition) is 2. The third kappa shape index (κ3) is 4.20. The van der Waals surface area contributed by atoms with Crippen molar-refractivity contribution in [1.82, 2.24) is 0 Å². The van der Waals surface area contributed by atoms with E-state index < -0.39 is 11.5 Å². The molecular weight excluding hydrogens is 190 g/mol. The maximum absolute atomic E-state index is 10.7. The van der Waals surface area contributed by atoms with Crippen LogP contribution in [0.1, 0.15) is 52.4 Å². The lowest BCUT2D eigenvalue weighted by atomic mass is 9.72. The Balaban J connectivity index is 2.50. The van der Waals surface area contributed by atoms with E-state index in [2.05, 4.69) is 13.8 Å². The predicted molar refractivity (Wildman–Crippen MR) is 60.6 cm³/mol. The fraction of sp³-hybridized carbons (Fsp3) is 0.917. The molecule has 2 unspecified atom stereocenters. The summed E-state index contributed by atoms with van der Waals surface area (Å²) in [6.07, 6.45) is 5.36. The molecule has 1 aliphatic carbocycles. The first kappa shape index (κ1) is 12.5. The minimum atomic E-state index is -0.761. The van der Waals surface area contributed by atoms with Gasteiger partial charge in [-0.1, -0.05) is 26.7 Å². The van der Waals surface area contributed by atoms with Gasteiger partial charge in [-0.15, -0.1) is 0 Å². The molecular formula is C12H23NO2. The molecule has 0 heterocycles. The summed E-state index contributed by atoms with van der Waals surface area (Å²) in [5.41, 5.74) is 5.70. The Kier molecular flexibility index (Phi) is 4.14. The molecule has 0 radical (unpaired) electrons. The minimum Gasteiger partial charge on any atom is -0.481 e. The number of rotatable bonds is 4. The van der Waals surface area contributed by atoms with E-state index in [4.69, 9.17) is 10.8 Å². The summed E-state index contributed by atoms with van der Waals surface area (Å²) in [6, 6.07) is 0. The molecule has 3 nitrogen and oxygen atoms in total. The van der Waals surface area contributed by atoms with Gasteiger partial charge in [0.05, 0.1) is 6.42 Å². The van der Waals surface area contributed by atoms with E-state index in [1.165, 1.54) is 12.8 Å². The second-order valence-corrected chi connectivity index (χ2v) is 5.52. The molecule has 0 aromatic carbocycles. The number of hydrogen-bond donors (Lipinski definition) is 2. The first-order valence-corrected chi connectivity index (χ1v) is 5.92. The third-order valence-electron chi connectivity index (χ3n) is 3.29. The predicted octanol–water partition coefficient (Wildman–Crippen LogP) is 2.39. The highest BCUT2D eigenvalue weighted by molar-refractivity contribution is 5.68. The molecule has 15 heavy (non-hydrogen) atoms. The lowest BCUT2D eigenvalue weighted by Crippen LogP contribution is -2.46. The van der Waals surface area contributed by atoms with Crippen LogP contribution >= 0.6 is 0 Å². The van der Waals surface area contributed by atoms with Gasteiger partial charge < -0.3 is 10.8 Å². The van der Waals surface area contributed by atoms with Crippen LogP contribution in [0.3, 0.4) is 0 Å². The van der Waals surface area contributed by atoms with Crippen molar-refractivity contribution < 1.29 is 9.90 Å². The van der Waals surface area contributed by atoms with Crippen molar-refractivity contribution in [3.05, 3.63) is 0 Å². The molecule has 3 heteroatoms. The van der Waals surface area contributed by atoms with Crippen molar-refractivity contribution in [2.24, 2.45) is 17.6 Å². The van der Waals surface area contributed by atoms with Gasteiger partial charge in [0.15, 0.2) is 0 Å². The SMILES string of the molecule is CC(C)CC1CCCC(N)(CC(=O)O)C1. The van der Waals surface area contributed by atoms with Gasteiger partial charge >= 0.3 is 5.97 Å². The Hall–Kier alpha value is -0.570. The van der Waals surface area contributed by atoms with Crippen LogP contribution < -0.4 is 5.73 Å². The molecule has 1 aliphatic rings. The Morgan fingerprint density at radius 2 is 2.27 bits per heavy atom. The normalized spacial score (nSPS) is 31.9. The molecule has 0 bridgehead atoms. The van der Waals surface area contributed by atoms with Crippen molar-refractivity contribution in [1.29, 1.82) is 0 Å². The van der Waals surface area contributed by atoms with E-state index >= 15 is 0 Å². The molecule has 1 rings (SSSR count). The maximum atomic E-state index is 10.7. The second kappa shape index (κ2) is 4.97. The minimum absolute atomic E-state index is 0.127. The number of carboxylic acids is 1. The van der Waals surface area contributed by atoms with E-state index in [0.717, 1.165) is 19.3 Å². The Bertz CT molecular complexity index is 228. The second-order valence-electron chi connectivity index (χ2n) is 5.52. The average molecular weight is 213 g/mol. The third-order valence-corrected chi connectivity index (χ3v) is 3.29. The van der Waals surface area contributed by atoms with E-state index in [1.807, 2.05) is 0 Å². The van der Waals surface area contributed by atoms with Gasteiger partial charge in [0.2, 0.25) is 0 Å². The molecule has 1 saturated carbocycles. The quantitative estimate of drug-likeness (QED) is 0.753. The van der Waals surface area contributed by atoms with Crippen LogP contribution in [0.4, 0.5) is 0 Å². The van der Waals surface area contributed by atoms with Crippen LogP contribution in [0.25, 0.3) is 0 Å². The lowest BCUT2D eigenvalue weighted by molar-refractivity contribution is -0.138. The average Bonchev–Trinajstić information content (AvgIpc) is 1.99. The maximum Gasteiger partial charge on any atom is 0.305 e. The molecule has 0 amide bonds. The molecule has 0 spiro atoms. The zero-order chi connectivity index (χ0) is 11.5. The Morgan fingerprint density at radius 1 is 1.60 bits per heavy atom. The molecule has 3 N–H and O–H groups in total. The Morgan fingerprint density at radius 3 is 2.80 bits per heavy atom. The smallest absolute Gasteiger partial charge is 0.305 e. The van der Waals surface area contributed by atoms with Gasteiger partial charge in [-0.3, -0.25) is 4.79 Å². The zero-order valence-electron chi connectivity index (χ0n) is 9.83. The van der Waals surface area contributed by atoms with Crippen LogP contribution in [0, 0.1) is 11.8 Å². The van der Waals surface area contributed by atoms with E-state index in [1.54, 1.807) is 0 Å². The van der Waals surface area contributed by atoms with Gasteiger partial charge in [0.25, 0.3) is 0 Å². The first-order valence-electron chi connectivity index (χ1n) is 5.92. The summed E-state index contributed by atoms with van der Waals surface area (Å²) in [7, 11) is 0. The summed E-state index contributed by atoms with van der Waals surface area (Å²) < 4.78 is 0. The number of aliphatic carboxylic acids is 1. The fourth-order valence-corrected chi connectivity index (χ4v) is 2.85. The first-order chi connectivity index (χ1) is 6.91. The van der Waals surface area contributed by atoms with Crippen LogP contribution in [-0.4, -0.2) is 16.6 Å². The number of carbonyl (C=O) groups is 1. The monoisotopic (exact) mass is 213 g/mol. The summed E-state index contributed by atoms with van der Waals surface area (Å²) >= 11 is 0. The molecule has 0 aromatic heterocycles. The molecule has 88 valence electrons. The van der Waals surface area contributed by atoms with E-state index in [9.17, 15) is 4.79 Å².